The lowest BCUT2D eigenvalue weighted by Crippen LogP contribution is -2.14. The van der Waals surface area contributed by atoms with E-state index in [0.717, 1.165) is 50.1 Å². The summed E-state index contributed by atoms with van der Waals surface area (Å²) in [7, 11) is 0. The van der Waals surface area contributed by atoms with Crippen molar-refractivity contribution in [2.24, 2.45) is 0 Å². The van der Waals surface area contributed by atoms with Gasteiger partial charge in [-0.25, -0.2) is 0 Å². The molecule has 9 aromatic carbocycles. The molecule has 0 saturated carbocycles. The molecule has 1 aromatic heterocycles. The molecule has 11 rings (SSSR count). The number of hydrogen-bond acceptors (Lipinski definition) is 2. The van der Waals surface area contributed by atoms with Crippen molar-refractivity contribution in [1.82, 2.24) is 0 Å². The molecule has 2 nitrogen and oxygen atoms in total. The summed E-state index contributed by atoms with van der Waals surface area (Å²) in [6.07, 6.45) is 0. The fraction of sp³-hybridized carbons (Fsp3) is 0.0545. The molecule has 1 aliphatic rings. The number of para-hydroxylation sites is 2. The minimum Gasteiger partial charge on any atom is -0.456 e. The molecule has 0 bridgehead atoms. The van der Waals surface area contributed by atoms with Gasteiger partial charge in [0, 0.05) is 33.1 Å². The third kappa shape index (κ3) is 5.40. The van der Waals surface area contributed by atoms with E-state index < -0.39 is 0 Å². The van der Waals surface area contributed by atoms with Gasteiger partial charge in [-0.05, 0) is 115 Å². The zero-order valence-electron chi connectivity index (χ0n) is 31.9. The quantitative estimate of drug-likeness (QED) is 0.169. The average molecular weight is 730 g/mol. The highest BCUT2D eigenvalue weighted by Crippen LogP contribution is 2.50. The second-order valence-electron chi connectivity index (χ2n) is 15.7. The standard InChI is InChI=1S/C55H39NO/c1-55(2)50-19-8-5-16-46(50)47-32-26-39(35-51(47)55)36-22-28-41(29-23-36)56(42-30-24-38(25-31-42)44-18-11-13-37-12-3-4-14-43(37)44)52-20-9-6-15-45(52)40-27-33-54-49(34-40)48-17-7-10-21-53(48)57-54/h3-35H,1-2H3. The van der Waals surface area contributed by atoms with Crippen molar-refractivity contribution in [1.29, 1.82) is 0 Å². The number of nitrogens with zero attached hydrogens (tertiary/aromatic N) is 1. The van der Waals surface area contributed by atoms with Crippen LogP contribution < -0.4 is 4.90 Å². The SMILES string of the molecule is CC1(C)c2ccccc2-c2ccc(-c3ccc(N(c4ccc(-c5cccc6ccccc56)cc4)c4ccccc4-c4ccc5oc6ccccc6c5c4)cc3)cc21. The van der Waals surface area contributed by atoms with Crippen molar-refractivity contribution >= 4 is 49.8 Å². The van der Waals surface area contributed by atoms with Gasteiger partial charge in [0.1, 0.15) is 11.2 Å². The van der Waals surface area contributed by atoms with Crippen molar-refractivity contribution < 1.29 is 4.42 Å². The van der Waals surface area contributed by atoms with Crippen LogP contribution in [0.15, 0.2) is 205 Å². The summed E-state index contributed by atoms with van der Waals surface area (Å²) in [5.74, 6) is 0. The maximum atomic E-state index is 6.22. The van der Waals surface area contributed by atoms with Gasteiger partial charge in [-0.15, -0.1) is 0 Å². The highest BCUT2D eigenvalue weighted by Gasteiger charge is 2.35. The summed E-state index contributed by atoms with van der Waals surface area (Å²) in [6.45, 7) is 4.69. The average Bonchev–Trinajstić information content (AvgIpc) is 3.75. The van der Waals surface area contributed by atoms with E-state index in [1.165, 1.54) is 55.3 Å². The zero-order valence-corrected chi connectivity index (χ0v) is 31.9. The maximum Gasteiger partial charge on any atom is 0.135 e. The van der Waals surface area contributed by atoms with Gasteiger partial charge >= 0.3 is 0 Å². The molecule has 0 amide bonds. The molecule has 10 aromatic rings. The van der Waals surface area contributed by atoms with E-state index in [0.29, 0.717) is 0 Å². The Labute approximate surface area is 332 Å². The number of hydrogen-bond donors (Lipinski definition) is 0. The molecule has 0 fully saturated rings. The Hall–Kier alpha value is -7.16. The monoisotopic (exact) mass is 729 g/mol. The molecular formula is C55H39NO. The second kappa shape index (κ2) is 13.0. The first-order valence-corrected chi connectivity index (χ1v) is 19.8. The largest absolute Gasteiger partial charge is 0.456 e. The van der Waals surface area contributed by atoms with Crippen LogP contribution in [0.1, 0.15) is 25.0 Å². The van der Waals surface area contributed by atoms with Crippen LogP contribution in [0.3, 0.4) is 0 Å². The molecule has 0 radical (unpaired) electrons. The van der Waals surface area contributed by atoms with E-state index in [-0.39, 0.29) is 5.41 Å². The Bertz CT molecular complexity index is 3140. The first kappa shape index (κ1) is 33.2. The van der Waals surface area contributed by atoms with Crippen molar-refractivity contribution in [3.8, 4) is 44.5 Å². The summed E-state index contributed by atoms with van der Waals surface area (Å²) in [5, 5.41) is 4.75. The molecule has 57 heavy (non-hydrogen) atoms. The number of fused-ring (bicyclic) bond motifs is 7. The Balaban J connectivity index is 1.03. The third-order valence-electron chi connectivity index (χ3n) is 12.1. The number of benzene rings is 9. The van der Waals surface area contributed by atoms with Crippen LogP contribution in [0, 0.1) is 0 Å². The summed E-state index contributed by atoms with van der Waals surface area (Å²) in [6, 6.07) is 72.7. The predicted octanol–water partition coefficient (Wildman–Crippen LogP) is 15.5. The van der Waals surface area contributed by atoms with Crippen LogP contribution in [0.2, 0.25) is 0 Å². The number of anilines is 3. The predicted molar refractivity (Wildman–Crippen MR) is 240 cm³/mol. The molecule has 0 saturated heterocycles. The lowest BCUT2D eigenvalue weighted by atomic mass is 9.81. The van der Waals surface area contributed by atoms with Gasteiger partial charge in [-0.1, -0.05) is 159 Å². The van der Waals surface area contributed by atoms with E-state index in [1.807, 2.05) is 12.1 Å². The van der Waals surface area contributed by atoms with Gasteiger partial charge in [0.25, 0.3) is 0 Å². The Kier molecular flexibility index (Phi) is 7.55. The lowest BCUT2D eigenvalue weighted by molar-refractivity contribution is 0.660. The highest BCUT2D eigenvalue weighted by molar-refractivity contribution is 6.07. The molecule has 270 valence electrons. The topological polar surface area (TPSA) is 16.4 Å². The van der Waals surface area contributed by atoms with Crippen molar-refractivity contribution in [3.05, 3.63) is 211 Å². The van der Waals surface area contributed by atoms with Gasteiger partial charge in [0.15, 0.2) is 0 Å². The molecule has 0 unspecified atom stereocenters. The van der Waals surface area contributed by atoms with Crippen LogP contribution >= 0.6 is 0 Å². The molecule has 0 aliphatic heterocycles. The summed E-state index contributed by atoms with van der Waals surface area (Å²) < 4.78 is 6.22. The van der Waals surface area contributed by atoms with Gasteiger partial charge in [0.05, 0.1) is 5.69 Å². The van der Waals surface area contributed by atoms with Crippen molar-refractivity contribution in [2.45, 2.75) is 19.3 Å². The number of furan rings is 1. The zero-order chi connectivity index (χ0) is 38.1. The lowest BCUT2D eigenvalue weighted by Gasteiger charge is -2.28. The van der Waals surface area contributed by atoms with Gasteiger partial charge in [-0.2, -0.15) is 0 Å². The maximum absolute atomic E-state index is 6.22. The molecule has 2 heteroatoms. The van der Waals surface area contributed by atoms with Crippen molar-refractivity contribution in [3.63, 3.8) is 0 Å². The number of rotatable bonds is 6. The van der Waals surface area contributed by atoms with E-state index >= 15 is 0 Å². The van der Waals surface area contributed by atoms with Crippen LogP contribution in [0.5, 0.6) is 0 Å². The molecule has 0 spiro atoms. The van der Waals surface area contributed by atoms with Gasteiger partial charge in [-0.3, -0.25) is 0 Å². The normalized spacial score (nSPS) is 12.9. The smallest absolute Gasteiger partial charge is 0.135 e. The first-order valence-electron chi connectivity index (χ1n) is 19.8. The second-order valence-corrected chi connectivity index (χ2v) is 15.7. The van der Waals surface area contributed by atoms with E-state index in [1.54, 1.807) is 0 Å². The van der Waals surface area contributed by atoms with Crippen LogP contribution in [0.25, 0.3) is 77.2 Å². The van der Waals surface area contributed by atoms with Crippen LogP contribution in [-0.2, 0) is 5.41 Å². The first-order chi connectivity index (χ1) is 28.0. The van der Waals surface area contributed by atoms with Gasteiger partial charge in [0.2, 0.25) is 0 Å². The minimum atomic E-state index is -0.0493. The molecular weight excluding hydrogens is 691 g/mol. The van der Waals surface area contributed by atoms with E-state index in [2.05, 4.69) is 207 Å². The van der Waals surface area contributed by atoms with E-state index in [4.69, 9.17) is 4.42 Å². The molecule has 0 atom stereocenters. The minimum absolute atomic E-state index is 0.0493. The molecule has 1 heterocycles. The van der Waals surface area contributed by atoms with Crippen LogP contribution in [-0.4, -0.2) is 0 Å². The fourth-order valence-electron chi connectivity index (χ4n) is 9.19. The summed E-state index contributed by atoms with van der Waals surface area (Å²) in [4.78, 5) is 2.39. The fourth-order valence-corrected chi connectivity index (χ4v) is 9.19. The Morgan fingerprint density at radius 3 is 1.77 bits per heavy atom. The molecule has 1 aliphatic carbocycles. The highest BCUT2D eigenvalue weighted by atomic mass is 16.3. The summed E-state index contributed by atoms with van der Waals surface area (Å²) in [5.41, 5.74) is 17.6. The third-order valence-corrected chi connectivity index (χ3v) is 12.1. The molecule has 0 N–H and O–H groups in total. The van der Waals surface area contributed by atoms with E-state index in [9.17, 15) is 0 Å². The van der Waals surface area contributed by atoms with Crippen molar-refractivity contribution in [2.75, 3.05) is 4.90 Å². The van der Waals surface area contributed by atoms with Gasteiger partial charge < -0.3 is 9.32 Å². The van der Waals surface area contributed by atoms with Crippen LogP contribution in [0.4, 0.5) is 17.1 Å². The Morgan fingerprint density at radius 1 is 0.368 bits per heavy atom. The Morgan fingerprint density at radius 2 is 0.947 bits per heavy atom. The summed E-state index contributed by atoms with van der Waals surface area (Å²) >= 11 is 0.